The molecule has 1 saturated heterocycles. The van der Waals surface area contributed by atoms with Gasteiger partial charge in [0.2, 0.25) is 0 Å². The van der Waals surface area contributed by atoms with E-state index in [1.807, 2.05) is 6.54 Å². The Kier molecular flexibility index (Phi) is 2.00. The predicted octanol–water partition coefficient (Wildman–Crippen LogP) is 1.56. The van der Waals surface area contributed by atoms with Crippen molar-refractivity contribution in [2.45, 2.75) is 12.8 Å². The van der Waals surface area contributed by atoms with E-state index in [0.717, 1.165) is 6.54 Å². The first-order valence-electron chi connectivity index (χ1n) is 2.50. The fraction of sp³-hybridized carbons (Fsp3) is 0.600. The summed E-state index contributed by atoms with van der Waals surface area (Å²) in [5, 5.41) is 0. The Morgan fingerprint density at radius 3 is 2.71 bits per heavy atom. The van der Waals surface area contributed by atoms with Gasteiger partial charge >= 0.3 is 0 Å². The molecule has 0 spiro atoms. The van der Waals surface area contributed by atoms with Crippen LogP contribution >= 0.6 is 12.8 Å². The predicted molar refractivity (Wildman–Crippen MR) is 32.1 cm³/mol. The lowest BCUT2D eigenvalue weighted by Crippen LogP contribution is -2.15. The molecule has 1 aliphatic rings. The van der Waals surface area contributed by atoms with Crippen LogP contribution in [0.25, 0.3) is 0 Å². The maximum Gasteiger partial charge on any atom is 0.0410 e. The summed E-state index contributed by atoms with van der Waals surface area (Å²) in [6, 6.07) is 0. The largest absolute Gasteiger partial charge is 0.235 e. The third-order valence-electron chi connectivity index (χ3n) is 1.02. The third-order valence-corrected chi connectivity index (χ3v) is 1.33. The molecule has 0 atom stereocenters. The molecule has 0 N–H and O–H groups in total. The molecule has 1 nitrogen and oxygen atoms in total. The fourth-order valence-electron chi connectivity index (χ4n) is 0.632. The zero-order chi connectivity index (χ0) is 5.11. The van der Waals surface area contributed by atoms with Gasteiger partial charge in [-0.15, -0.1) is 0 Å². The molecule has 3 radical (unpaired) electrons. The van der Waals surface area contributed by atoms with Gasteiger partial charge in [-0.05, 0) is 19.3 Å². The highest BCUT2D eigenvalue weighted by Crippen LogP contribution is 2.12. The van der Waals surface area contributed by atoms with E-state index in [4.69, 9.17) is 12.8 Å². The third kappa shape index (κ3) is 1.70. The van der Waals surface area contributed by atoms with Gasteiger partial charge in [-0.2, -0.15) is 0 Å². The lowest BCUT2D eigenvalue weighted by Gasteiger charge is -2.17. The molecular formula is C5H8NS. The maximum atomic E-state index is 4.84. The Hall–Kier alpha value is 0.310. The summed E-state index contributed by atoms with van der Waals surface area (Å²) in [6.45, 7) is 3.00. The summed E-state index contributed by atoms with van der Waals surface area (Å²) in [5.74, 6) is 0. The average molecular weight is 114 g/mol. The number of piperidine rings is 1. The van der Waals surface area contributed by atoms with Crippen LogP contribution in [0, 0.1) is 13.0 Å². The molecule has 0 amide bonds. The van der Waals surface area contributed by atoms with Crippen LogP contribution in [0.15, 0.2) is 0 Å². The van der Waals surface area contributed by atoms with Crippen LogP contribution in [-0.2, 0) is 0 Å². The van der Waals surface area contributed by atoms with Crippen molar-refractivity contribution in [3.63, 3.8) is 0 Å². The Bertz CT molecular complexity index is 50.0. The molecule has 0 bridgehead atoms. The lowest BCUT2D eigenvalue weighted by atomic mass is 10.2. The van der Waals surface area contributed by atoms with Gasteiger partial charge in [0.25, 0.3) is 0 Å². The van der Waals surface area contributed by atoms with Crippen molar-refractivity contribution >= 4 is 12.8 Å². The smallest absolute Gasteiger partial charge is 0.0410 e. The van der Waals surface area contributed by atoms with E-state index < -0.39 is 0 Å². The van der Waals surface area contributed by atoms with E-state index in [1.165, 1.54) is 12.8 Å². The van der Waals surface area contributed by atoms with Crippen molar-refractivity contribution in [3.8, 4) is 0 Å². The standard InChI is InChI=1S/C5H8NS/c7-6-4-2-1-3-5-6/h2,4H,1,3,5H2. The van der Waals surface area contributed by atoms with E-state index in [0.29, 0.717) is 0 Å². The molecule has 0 saturated carbocycles. The molecule has 0 unspecified atom stereocenters. The summed E-state index contributed by atoms with van der Waals surface area (Å²) in [4.78, 5) is 0. The zero-order valence-electron chi connectivity index (χ0n) is 4.13. The molecule has 0 aromatic rings. The Labute approximate surface area is 50.2 Å². The second kappa shape index (κ2) is 2.58. The summed E-state index contributed by atoms with van der Waals surface area (Å²) in [7, 11) is 0. The molecule has 0 aromatic heterocycles. The van der Waals surface area contributed by atoms with E-state index in [2.05, 4.69) is 6.42 Å². The van der Waals surface area contributed by atoms with Crippen molar-refractivity contribution in [1.82, 2.24) is 4.31 Å². The summed E-state index contributed by atoms with van der Waals surface area (Å²) < 4.78 is 1.80. The second-order valence-corrected chi connectivity index (χ2v) is 2.14. The zero-order valence-corrected chi connectivity index (χ0v) is 4.95. The topological polar surface area (TPSA) is 3.24 Å². The average Bonchev–Trinajstić information content (AvgIpc) is 1.69. The molecule has 2 heteroatoms. The Morgan fingerprint density at radius 1 is 1.57 bits per heavy atom. The Balaban J connectivity index is 2.12. The van der Waals surface area contributed by atoms with Crippen molar-refractivity contribution in [3.05, 3.63) is 13.0 Å². The highest BCUT2D eigenvalue weighted by atomic mass is 32.1. The van der Waals surface area contributed by atoms with Crippen molar-refractivity contribution in [2.24, 2.45) is 0 Å². The summed E-state index contributed by atoms with van der Waals surface area (Å²) in [6.07, 6.45) is 4.53. The lowest BCUT2D eigenvalue weighted by molar-refractivity contribution is 0.502. The van der Waals surface area contributed by atoms with Crippen LogP contribution in [0.3, 0.4) is 0 Å². The molecule has 0 aliphatic carbocycles. The van der Waals surface area contributed by atoms with Crippen LogP contribution in [0.4, 0.5) is 0 Å². The molecule has 1 heterocycles. The van der Waals surface area contributed by atoms with Gasteiger partial charge in [-0.3, -0.25) is 0 Å². The summed E-state index contributed by atoms with van der Waals surface area (Å²) in [5.41, 5.74) is 0. The van der Waals surface area contributed by atoms with Crippen molar-refractivity contribution in [2.75, 3.05) is 6.54 Å². The minimum Gasteiger partial charge on any atom is -0.235 e. The van der Waals surface area contributed by atoms with Crippen LogP contribution in [0.1, 0.15) is 12.8 Å². The number of nitrogens with zero attached hydrogens (tertiary/aromatic N) is 1. The minimum absolute atomic E-state index is 1.05. The molecule has 1 aliphatic heterocycles. The maximum absolute atomic E-state index is 4.84. The van der Waals surface area contributed by atoms with Crippen LogP contribution < -0.4 is 0 Å². The van der Waals surface area contributed by atoms with E-state index in [9.17, 15) is 0 Å². The quantitative estimate of drug-likeness (QED) is 0.462. The minimum atomic E-state index is 1.05. The molecular weight excluding hydrogens is 106 g/mol. The first-order valence-corrected chi connectivity index (χ1v) is 2.86. The SMILES string of the molecule is [S]N1[CH][CH]CCC1. The van der Waals surface area contributed by atoms with E-state index in [-0.39, 0.29) is 0 Å². The molecule has 7 heavy (non-hydrogen) atoms. The number of hydrogen-bond acceptors (Lipinski definition) is 1. The van der Waals surface area contributed by atoms with Gasteiger partial charge in [-0.1, -0.05) is 0 Å². The van der Waals surface area contributed by atoms with Gasteiger partial charge in [0.15, 0.2) is 0 Å². The molecule has 39 valence electrons. The van der Waals surface area contributed by atoms with E-state index in [1.54, 1.807) is 4.31 Å². The number of rotatable bonds is 0. The van der Waals surface area contributed by atoms with Crippen LogP contribution in [0.2, 0.25) is 0 Å². The first-order chi connectivity index (χ1) is 3.39. The molecule has 1 rings (SSSR count). The highest BCUT2D eigenvalue weighted by molar-refractivity contribution is 7.77. The fourth-order valence-corrected chi connectivity index (χ4v) is 0.847. The summed E-state index contributed by atoms with van der Waals surface area (Å²) >= 11 is 4.84. The molecule has 0 aromatic carbocycles. The van der Waals surface area contributed by atoms with Crippen molar-refractivity contribution in [1.29, 1.82) is 0 Å². The van der Waals surface area contributed by atoms with Gasteiger partial charge in [0.1, 0.15) is 0 Å². The van der Waals surface area contributed by atoms with E-state index >= 15 is 0 Å². The Morgan fingerprint density at radius 2 is 2.43 bits per heavy atom. The van der Waals surface area contributed by atoms with Crippen LogP contribution in [-0.4, -0.2) is 10.8 Å². The van der Waals surface area contributed by atoms with Gasteiger partial charge in [0.05, 0.1) is 0 Å². The molecule has 1 fully saturated rings. The highest BCUT2D eigenvalue weighted by Gasteiger charge is 2.05. The van der Waals surface area contributed by atoms with Crippen LogP contribution in [0.5, 0.6) is 0 Å². The van der Waals surface area contributed by atoms with Crippen molar-refractivity contribution < 1.29 is 0 Å². The van der Waals surface area contributed by atoms with Gasteiger partial charge in [-0.25, -0.2) is 4.31 Å². The van der Waals surface area contributed by atoms with Gasteiger partial charge < -0.3 is 0 Å². The first kappa shape index (κ1) is 5.45. The number of hydrogen-bond donors (Lipinski definition) is 0. The van der Waals surface area contributed by atoms with Gasteiger partial charge in [0, 0.05) is 25.9 Å². The second-order valence-electron chi connectivity index (χ2n) is 1.67. The normalized spacial score (nSPS) is 25.3. The monoisotopic (exact) mass is 114 g/mol.